The Balaban J connectivity index is 1.71. The predicted octanol–water partition coefficient (Wildman–Crippen LogP) is 5.25. The first-order chi connectivity index (χ1) is 13.2. The lowest BCUT2D eigenvalue weighted by Gasteiger charge is -2.20. The number of halogens is 1. The van der Waals surface area contributed by atoms with E-state index in [0.29, 0.717) is 25.3 Å². The third-order valence-electron chi connectivity index (χ3n) is 4.00. The molecule has 0 aliphatic carbocycles. The van der Waals surface area contributed by atoms with Gasteiger partial charge in [0.15, 0.2) is 0 Å². The molecule has 0 unspecified atom stereocenters. The summed E-state index contributed by atoms with van der Waals surface area (Å²) in [6.07, 6.45) is 0.640. The van der Waals surface area contributed by atoms with E-state index < -0.39 is 4.92 Å². The molecule has 0 heterocycles. The van der Waals surface area contributed by atoms with Crippen molar-refractivity contribution in [1.29, 1.82) is 0 Å². The topological polar surface area (TPSA) is 93.5 Å². The number of non-ortho nitro benzene ring substituents is 1. The van der Waals surface area contributed by atoms with E-state index in [-0.39, 0.29) is 17.1 Å². The minimum atomic E-state index is -0.487. The predicted molar refractivity (Wildman–Crippen MR) is 113 cm³/mol. The summed E-state index contributed by atoms with van der Waals surface area (Å²) in [7, 11) is 0. The zero-order valence-electron chi connectivity index (χ0n) is 16.1. The smallest absolute Gasteiger partial charge is 0.319 e. The largest absolute Gasteiger partial charge is 0.492 e. The van der Waals surface area contributed by atoms with E-state index in [9.17, 15) is 14.9 Å². The Labute approximate surface area is 172 Å². The fraction of sp³-hybridized carbons (Fsp3) is 0.350. The molecule has 0 atom stereocenters. The number of benzene rings is 2. The van der Waals surface area contributed by atoms with Crippen molar-refractivity contribution in [2.24, 2.45) is 0 Å². The van der Waals surface area contributed by atoms with Crippen LogP contribution in [-0.2, 0) is 5.41 Å². The second-order valence-electron chi connectivity index (χ2n) is 7.28. The summed E-state index contributed by atoms with van der Waals surface area (Å²) < 4.78 is 6.66. The molecule has 0 saturated carbocycles. The Morgan fingerprint density at radius 2 is 1.86 bits per heavy atom. The van der Waals surface area contributed by atoms with Gasteiger partial charge >= 0.3 is 6.03 Å². The number of hydrogen-bond donors (Lipinski definition) is 2. The second-order valence-corrected chi connectivity index (χ2v) is 8.14. The maximum atomic E-state index is 11.8. The standard InChI is InChI=1S/C20H24BrN3O4/c1-20(2,3)14-5-10-18(17(21)13-14)28-12-4-11-22-19(25)23-15-6-8-16(9-7-15)24(26)27/h5-10,13H,4,11-12H2,1-3H3,(H2,22,23,25). The van der Waals surface area contributed by atoms with Crippen molar-refractivity contribution in [3.63, 3.8) is 0 Å². The molecule has 150 valence electrons. The van der Waals surface area contributed by atoms with Crippen LogP contribution in [0.3, 0.4) is 0 Å². The highest BCUT2D eigenvalue weighted by Crippen LogP contribution is 2.31. The van der Waals surface area contributed by atoms with Gasteiger partial charge in [0.1, 0.15) is 5.75 Å². The van der Waals surface area contributed by atoms with Gasteiger partial charge in [-0.3, -0.25) is 10.1 Å². The normalized spacial score (nSPS) is 11.0. The molecule has 0 saturated heterocycles. The van der Waals surface area contributed by atoms with Crippen LogP contribution in [0.2, 0.25) is 0 Å². The molecule has 0 fully saturated rings. The molecular formula is C20H24BrN3O4. The Kier molecular flexibility index (Phi) is 7.39. The van der Waals surface area contributed by atoms with Gasteiger partial charge in [-0.1, -0.05) is 26.8 Å². The Hall–Kier alpha value is -2.61. The summed E-state index contributed by atoms with van der Waals surface area (Å²) in [5, 5.41) is 16.0. The minimum absolute atomic E-state index is 0.0233. The highest BCUT2D eigenvalue weighted by Gasteiger charge is 2.15. The van der Waals surface area contributed by atoms with Crippen molar-refractivity contribution in [3.05, 3.63) is 62.6 Å². The molecule has 8 heteroatoms. The Bertz CT molecular complexity index is 832. The zero-order chi connectivity index (χ0) is 20.7. The second kappa shape index (κ2) is 9.54. The van der Waals surface area contributed by atoms with E-state index in [4.69, 9.17) is 4.74 Å². The van der Waals surface area contributed by atoms with Crippen molar-refractivity contribution >= 4 is 33.3 Å². The minimum Gasteiger partial charge on any atom is -0.492 e. The summed E-state index contributed by atoms with van der Waals surface area (Å²) in [6.45, 7) is 7.37. The van der Waals surface area contributed by atoms with Gasteiger partial charge < -0.3 is 15.4 Å². The number of rotatable bonds is 7. The first kappa shape index (κ1) is 21.7. The molecule has 2 aromatic carbocycles. The van der Waals surface area contributed by atoms with Gasteiger partial charge in [-0.25, -0.2) is 4.79 Å². The molecule has 2 aromatic rings. The lowest BCUT2D eigenvalue weighted by molar-refractivity contribution is -0.384. The van der Waals surface area contributed by atoms with Crippen LogP contribution in [-0.4, -0.2) is 24.1 Å². The van der Waals surface area contributed by atoms with Gasteiger partial charge in [-0.15, -0.1) is 0 Å². The molecule has 0 radical (unpaired) electrons. The average molecular weight is 450 g/mol. The van der Waals surface area contributed by atoms with Gasteiger partial charge in [-0.05, 0) is 57.6 Å². The summed E-state index contributed by atoms with van der Waals surface area (Å²) >= 11 is 3.54. The monoisotopic (exact) mass is 449 g/mol. The number of carbonyl (C=O) groups is 1. The highest BCUT2D eigenvalue weighted by molar-refractivity contribution is 9.10. The van der Waals surface area contributed by atoms with Crippen LogP contribution in [0.4, 0.5) is 16.2 Å². The van der Waals surface area contributed by atoms with Crippen molar-refractivity contribution in [2.75, 3.05) is 18.5 Å². The molecule has 2 N–H and O–H groups in total. The molecular weight excluding hydrogens is 426 g/mol. The fourth-order valence-electron chi connectivity index (χ4n) is 2.38. The molecule has 0 aliphatic rings. The fourth-order valence-corrected chi connectivity index (χ4v) is 2.88. The van der Waals surface area contributed by atoms with Gasteiger partial charge in [0.05, 0.1) is 16.0 Å². The molecule has 7 nitrogen and oxygen atoms in total. The maximum Gasteiger partial charge on any atom is 0.319 e. The summed E-state index contributed by atoms with van der Waals surface area (Å²) in [5.41, 5.74) is 1.76. The number of carbonyl (C=O) groups excluding carboxylic acids is 1. The highest BCUT2D eigenvalue weighted by atomic mass is 79.9. The van der Waals surface area contributed by atoms with E-state index in [2.05, 4.69) is 59.5 Å². The van der Waals surface area contributed by atoms with Crippen LogP contribution in [0.25, 0.3) is 0 Å². The Morgan fingerprint density at radius 1 is 1.18 bits per heavy atom. The van der Waals surface area contributed by atoms with Crippen LogP contribution in [0.1, 0.15) is 32.8 Å². The van der Waals surface area contributed by atoms with Crippen molar-refractivity contribution < 1.29 is 14.5 Å². The molecule has 0 bridgehead atoms. The third-order valence-corrected chi connectivity index (χ3v) is 4.62. The van der Waals surface area contributed by atoms with Crippen LogP contribution in [0.5, 0.6) is 5.75 Å². The van der Waals surface area contributed by atoms with Crippen LogP contribution in [0.15, 0.2) is 46.9 Å². The molecule has 28 heavy (non-hydrogen) atoms. The van der Waals surface area contributed by atoms with Gasteiger partial charge in [0.2, 0.25) is 0 Å². The van der Waals surface area contributed by atoms with Crippen LogP contribution in [0, 0.1) is 10.1 Å². The summed E-state index contributed by atoms with van der Waals surface area (Å²) in [4.78, 5) is 22.0. The number of ether oxygens (including phenoxy) is 1. The van der Waals surface area contributed by atoms with E-state index in [1.54, 1.807) is 0 Å². The average Bonchev–Trinajstić information content (AvgIpc) is 2.62. The maximum absolute atomic E-state index is 11.8. The van der Waals surface area contributed by atoms with Crippen LogP contribution >= 0.6 is 15.9 Å². The third kappa shape index (κ3) is 6.53. The van der Waals surface area contributed by atoms with E-state index in [0.717, 1.165) is 10.2 Å². The summed E-state index contributed by atoms with van der Waals surface area (Å²) in [5.74, 6) is 0.767. The van der Waals surface area contributed by atoms with E-state index in [1.165, 1.54) is 29.8 Å². The lowest BCUT2D eigenvalue weighted by atomic mass is 9.87. The Morgan fingerprint density at radius 3 is 2.43 bits per heavy atom. The molecule has 0 aromatic heterocycles. The van der Waals surface area contributed by atoms with Gasteiger partial charge in [0.25, 0.3) is 5.69 Å². The molecule has 0 aliphatic heterocycles. The lowest BCUT2D eigenvalue weighted by Crippen LogP contribution is -2.30. The summed E-state index contributed by atoms with van der Waals surface area (Å²) in [6, 6.07) is 11.3. The number of nitro benzene ring substituents is 1. The zero-order valence-corrected chi connectivity index (χ0v) is 17.7. The molecule has 2 rings (SSSR count). The number of anilines is 1. The number of nitrogens with one attached hydrogen (secondary N) is 2. The number of nitrogens with zero attached hydrogens (tertiary/aromatic N) is 1. The van der Waals surface area contributed by atoms with Crippen LogP contribution < -0.4 is 15.4 Å². The number of amides is 2. The van der Waals surface area contributed by atoms with Gasteiger partial charge in [0, 0.05) is 24.4 Å². The number of urea groups is 1. The van der Waals surface area contributed by atoms with Gasteiger partial charge in [-0.2, -0.15) is 0 Å². The molecule has 0 spiro atoms. The number of nitro groups is 1. The van der Waals surface area contributed by atoms with E-state index >= 15 is 0 Å². The number of hydrogen-bond acceptors (Lipinski definition) is 4. The van der Waals surface area contributed by atoms with Crippen molar-refractivity contribution in [2.45, 2.75) is 32.6 Å². The van der Waals surface area contributed by atoms with Crippen molar-refractivity contribution in [1.82, 2.24) is 5.32 Å². The van der Waals surface area contributed by atoms with E-state index in [1.807, 2.05) is 6.07 Å². The first-order valence-corrected chi connectivity index (χ1v) is 9.68. The molecule has 2 amide bonds. The first-order valence-electron chi connectivity index (χ1n) is 8.89. The SMILES string of the molecule is CC(C)(C)c1ccc(OCCCNC(=O)Nc2ccc([N+](=O)[O-])cc2)c(Br)c1. The quantitative estimate of drug-likeness (QED) is 0.343. The van der Waals surface area contributed by atoms with Crippen molar-refractivity contribution in [3.8, 4) is 5.75 Å².